The Hall–Kier alpha value is -0.0800. The molecule has 0 aromatic rings. The largest absolute Gasteiger partial charge is 0.315 e. The molecule has 0 radical (unpaired) electrons. The fourth-order valence-electron chi connectivity index (χ4n) is 4.37. The molecule has 2 rings (SSSR count). The zero-order valence-electron chi connectivity index (χ0n) is 14.4. The van der Waals surface area contributed by atoms with Crippen molar-refractivity contribution in [2.24, 2.45) is 0 Å². The lowest BCUT2D eigenvalue weighted by Gasteiger charge is -2.37. The minimum atomic E-state index is 0.725. The van der Waals surface area contributed by atoms with E-state index in [0.717, 1.165) is 12.1 Å². The average Bonchev–Trinajstić information content (AvgIpc) is 2.77. The Morgan fingerprint density at radius 2 is 1.10 bits per heavy atom. The topological polar surface area (TPSA) is 15.3 Å². The fraction of sp³-hybridized carbons (Fsp3) is 1.00. The summed E-state index contributed by atoms with van der Waals surface area (Å²) in [5, 5.41) is 3.68. The molecule has 2 heteroatoms. The van der Waals surface area contributed by atoms with Crippen LogP contribution in [0.5, 0.6) is 0 Å². The average molecular weight is 295 g/mol. The van der Waals surface area contributed by atoms with Crippen LogP contribution in [0.2, 0.25) is 0 Å². The van der Waals surface area contributed by atoms with Gasteiger partial charge in [0.05, 0.1) is 0 Å². The van der Waals surface area contributed by atoms with Crippen molar-refractivity contribution >= 4 is 0 Å². The van der Waals surface area contributed by atoms with E-state index < -0.39 is 0 Å². The Morgan fingerprint density at radius 3 is 1.67 bits per heavy atom. The van der Waals surface area contributed by atoms with E-state index in [1.165, 1.54) is 103 Å². The van der Waals surface area contributed by atoms with Crippen molar-refractivity contribution in [1.82, 2.24) is 10.2 Å². The highest BCUT2D eigenvalue weighted by molar-refractivity contribution is 4.85. The highest BCUT2D eigenvalue weighted by Gasteiger charge is 2.26. The second kappa shape index (κ2) is 10.6. The predicted octanol–water partition coefficient (Wildman–Crippen LogP) is 4.73. The van der Waals surface area contributed by atoms with E-state index in [1.807, 2.05) is 0 Å². The van der Waals surface area contributed by atoms with Crippen LogP contribution in [0.3, 0.4) is 0 Å². The number of likely N-dealkylation sites (N-methyl/N-ethyl adjacent to an activating group) is 1. The second-order valence-corrected chi connectivity index (χ2v) is 7.32. The molecular weight excluding hydrogens is 256 g/mol. The summed E-state index contributed by atoms with van der Waals surface area (Å²) >= 11 is 0. The summed E-state index contributed by atoms with van der Waals surface area (Å²) in [5.74, 6) is 0. The zero-order valence-corrected chi connectivity index (χ0v) is 14.4. The van der Waals surface area contributed by atoms with Crippen LogP contribution in [0.25, 0.3) is 0 Å². The summed E-state index contributed by atoms with van der Waals surface area (Å²) in [6.07, 6.45) is 20.2. The van der Waals surface area contributed by atoms with E-state index in [1.54, 1.807) is 0 Å². The van der Waals surface area contributed by atoms with Crippen molar-refractivity contribution in [3.05, 3.63) is 0 Å². The third-order valence-corrected chi connectivity index (χ3v) is 5.71. The third kappa shape index (κ3) is 6.28. The molecule has 0 aromatic heterocycles. The monoisotopic (exact) mass is 294 g/mol. The number of hydrogen-bond acceptors (Lipinski definition) is 2. The quantitative estimate of drug-likeness (QED) is 0.792. The first-order valence-electron chi connectivity index (χ1n) is 9.83. The van der Waals surface area contributed by atoms with Crippen molar-refractivity contribution in [3.8, 4) is 0 Å². The standard InChI is InChI=1S/C19H38N2/c1-20-18-14-10-6-4-2-3-5-7-11-15-19(18)21-16-12-8-9-13-17-21/h18-20H,2-17H2,1H3. The molecule has 0 amide bonds. The molecule has 2 nitrogen and oxygen atoms in total. The van der Waals surface area contributed by atoms with Gasteiger partial charge in [-0.15, -0.1) is 0 Å². The van der Waals surface area contributed by atoms with E-state index in [4.69, 9.17) is 0 Å². The van der Waals surface area contributed by atoms with Crippen LogP contribution in [0.15, 0.2) is 0 Å². The number of rotatable bonds is 2. The smallest absolute Gasteiger partial charge is 0.0249 e. The van der Waals surface area contributed by atoms with E-state index >= 15 is 0 Å². The Kier molecular flexibility index (Phi) is 8.73. The minimum absolute atomic E-state index is 0.725. The van der Waals surface area contributed by atoms with Crippen LogP contribution in [0.1, 0.15) is 89.9 Å². The van der Waals surface area contributed by atoms with Gasteiger partial charge in [0, 0.05) is 12.1 Å². The highest BCUT2D eigenvalue weighted by Crippen LogP contribution is 2.23. The molecule has 2 aliphatic rings. The number of nitrogens with zero attached hydrogens (tertiary/aromatic N) is 1. The van der Waals surface area contributed by atoms with Gasteiger partial charge < -0.3 is 5.32 Å². The summed E-state index contributed by atoms with van der Waals surface area (Å²) in [6, 6.07) is 1.52. The second-order valence-electron chi connectivity index (χ2n) is 7.32. The molecule has 2 atom stereocenters. The van der Waals surface area contributed by atoms with Gasteiger partial charge >= 0.3 is 0 Å². The molecule has 0 bridgehead atoms. The molecule has 1 aliphatic heterocycles. The normalized spacial score (nSPS) is 31.9. The SMILES string of the molecule is CNC1CCCCCCCCCCC1N1CCCCCC1. The first-order valence-corrected chi connectivity index (χ1v) is 9.83. The number of likely N-dealkylation sites (tertiary alicyclic amines) is 1. The summed E-state index contributed by atoms with van der Waals surface area (Å²) < 4.78 is 0. The summed E-state index contributed by atoms with van der Waals surface area (Å²) in [6.45, 7) is 2.70. The van der Waals surface area contributed by atoms with Crippen LogP contribution in [-0.4, -0.2) is 37.1 Å². The van der Waals surface area contributed by atoms with Crippen molar-refractivity contribution in [3.63, 3.8) is 0 Å². The maximum Gasteiger partial charge on any atom is 0.0249 e. The highest BCUT2D eigenvalue weighted by atomic mass is 15.2. The maximum absolute atomic E-state index is 3.68. The number of nitrogens with one attached hydrogen (secondary N) is 1. The molecule has 1 saturated carbocycles. The third-order valence-electron chi connectivity index (χ3n) is 5.71. The van der Waals surface area contributed by atoms with Gasteiger partial charge in [-0.2, -0.15) is 0 Å². The van der Waals surface area contributed by atoms with Crippen molar-refractivity contribution in [2.75, 3.05) is 20.1 Å². The van der Waals surface area contributed by atoms with Gasteiger partial charge in [-0.25, -0.2) is 0 Å². The number of hydrogen-bond donors (Lipinski definition) is 1. The van der Waals surface area contributed by atoms with Crippen LogP contribution in [0.4, 0.5) is 0 Å². The Labute approximate surface area is 133 Å². The molecule has 1 heterocycles. The van der Waals surface area contributed by atoms with Gasteiger partial charge in [0.2, 0.25) is 0 Å². The van der Waals surface area contributed by atoms with E-state index in [9.17, 15) is 0 Å². The first kappa shape index (κ1) is 17.3. The molecule has 2 unspecified atom stereocenters. The molecule has 2 fully saturated rings. The van der Waals surface area contributed by atoms with E-state index in [2.05, 4.69) is 17.3 Å². The van der Waals surface area contributed by atoms with Crippen LogP contribution in [0, 0.1) is 0 Å². The Balaban J connectivity index is 1.95. The van der Waals surface area contributed by atoms with Gasteiger partial charge in [0.15, 0.2) is 0 Å². The van der Waals surface area contributed by atoms with Crippen molar-refractivity contribution in [1.29, 1.82) is 0 Å². The van der Waals surface area contributed by atoms with Gasteiger partial charge in [-0.3, -0.25) is 4.90 Å². The fourth-order valence-corrected chi connectivity index (χ4v) is 4.37. The summed E-state index contributed by atoms with van der Waals surface area (Å²) in [7, 11) is 2.20. The van der Waals surface area contributed by atoms with Crippen LogP contribution >= 0.6 is 0 Å². The van der Waals surface area contributed by atoms with Crippen molar-refractivity contribution < 1.29 is 0 Å². The van der Waals surface area contributed by atoms with Gasteiger partial charge in [0.25, 0.3) is 0 Å². The summed E-state index contributed by atoms with van der Waals surface area (Å²) in [4.78, 5) is 2.85. The summed E-state index contributed by atoms with van der Waals surface area (Å²) in [5.41, 5.74) is 0. The Morgan fingerprint density at radius 1 is 0.619 bits per heavy atom. The molecule has 1 aliphatic carbocycles. The zero-order chi connectivity index (χ0) is 14.8. The molecule has 1 N–H and O–H groups in total. The van der Waals surface area contributed by atoms with Crippen LogP contribution < -0.4 is 5.32 Å². The predicted molar refractivity (Wildman–Crippen MR) is 92.8 cm³/mol. The lowest BCUT2D eigenvalue weighted by Crippen LogP contribution is -2.49. The van der Waals surface area contributed by atoms with E-state index in [0.29, 0.717) is 0 Å². The van der Waals surface area contributed by atoms with Crippen molar-refractivity contribution in [2.45, 2.75) is 102 Å². The molecular formula is C19H38N2. The van der Waals surface area contributed by atoms with Crippen LogP contribution in [-0.2, 0) is 0 Å². The maximum atomic E-state index is 3.68. The molecule has 0 aromatic carbocycles. The van der Waals surface area contributed by atoms with Gasteiger partial charge in [-0.05, 0) is 45.8 Å². The molecule has 21 heavy (non-hydrogen) atoms. The lowest BCUT2D eigenvalue weighted by atomic mass is 9.92. The molecule has 124 valence electrons. The molecule has 0 spiro atoms. The Bertz CT molecular complexity index is 246. The first-order chi connectivity index (χ1) is 10.4. The van der Waals surface area contributed by atoms with Gasteiger partial charge in [-0.1, -0.05) is 64.2 Å². The molecule has 1 saturated heterocycles. The lowest BCUT2D eigenvalue weighted by molar-refractivity contribution is 0.145. The van der Waals surface area contributed by atoms with Gasteiger partial charge in [0.1, 0.15) is 0 Å². The van der Waals surface area contributed by atoms with E-state index in [-0.39, 0.29) is 0 Å². The minimum Gasteiger partial charge on any atom is -0.315 e.